The van der Waals surface area contributed by atoms with E-state index in [0.717, 1.165) is 18.9 Å². The van der Waals surface area contributed by atoms with Gasteiger partial charge in [0, 0.05) is 25.1 Å². The second-order valence-corrected chi connectivity index (χ2v) is 7.17. The zero-order chi connectivity index (χ0) is 10.2. The molecule has 0 bridgehead atoms. The van der Waals surface area contributed by atoms with Crippen LogP contribution < -0.4 is 0 Å². The molecule has 80 valence electrons. The normalized spacial score (nSPS) is 12.0. The fraction of sp³-hybridized carbons (Fsp3) is 1.00. The molecule has 0 radical (unpaired) electrons. The molecule has 0 aliphatic carbocycles. The molecule has 0 atom stereocenters. The van der Waals surface area contributed by atoms with Gasteiger partial charge in [0.1, 0.15) is 0 Å². The molecule has 13 heavy (non-hydrogen) atoms. The standard InChI is InChI=1S/C8H18Cl2O2Si/c1-3-11-13(10,12-4-2)8-6-5-7-9/h3-8H2,1-2H3. The third kappa shape index (κ3) is 6.74. The Kier molecular flexibility index (Phi) is 8.51. The predicted octanol–water partition coefficient (Wildman–Crippen LogP) is 3.26. The van der Waals surface area contributed by atoms with E-state index in [-0.39, 0.29) is 0 Å². The Bertz CT molecular complexity index is 119. The van der Waals surface area contributed by atoms with Crippen LogP contribution in [0.25, 0.3) is 0 Å². The lowest BCUT2D eigenvalue weighted by atomic mass is 10.4. The first-order chi connectivity index (χ1) is 6.18. The van der Waals surface area contributed by atoms with E-state index in [4.69, 9.17) is 31.5 Å². The lowest BCUT2D eigenvalue weighted by Gasteiger charge is -2.22. The Labute approximate surface area is 91.5 Å². The molecule has 2 nitrogen and oxygen atoms in total. The fourth-order valence-electron chi connectivity index (χ4n) is 1.05. The molecule has 0 saturated carbocycles. The van der Waals surface area contributed by atoms with Gasteiger partial charge in [0.25, 0.3) is 0 Å². The minimum atomic E-state index is -2.37. The summed E-state index contributed by atoms with van der Waals surface area (Å²) in [6, 6.07) is 0.822. The van der Waals surface area contributed by atoms with Crippen LogP contribution >= 0.6 is 22.7 Å². The van der Waals surface area contributed by atoms with Crippen LogP contribution in [0.4, 0.5) is 0 Å². The first-order valence-electron chi connectivity index (χ1n) is 4.71. The maximum Gasteiger partial charge on any atom is 0.443 e. The second-order valence-electron chi connectivity index (χ2n) is 2.67. The molecular weight excluding hydrogens is 227 g/mol. The number of alkyl halides is 1. The number of rotatable bonds is 8. The molecule has 0 rings (SSSR count). The summed E-state index contributed by atoms with van der Waals surface area (Å²) < 4.78 is 10.9. The van der Waals surface area contributed by atoms with E-state index in [1.165, 1.54) is 0 Å². The Morgan fingerprint density at radius 3 is 2.00 bits per heavy atom. The summed E-state index contributed by atoms with van der Waals surface area (Å²) in [6.07, 6.45) is 1.96. The zero-order valence-electron chi connectivity index (χ0n) is 8.32. The summed E-state index contributed by atoms with van der Waals surface area (Å²) in [6.45, 7) is 5.11. The smallest absolute Gasteiger partial charge is 0.383 e. The molecule has 0 spiro atoms. The van der Waals surface area contributed by atoms with Crippen molar-refractivity contribution in [3.63, 3.8) is 0 Å². The molecule has 0 aromatic heterocycles. The molecule has 0 fully saturated rings. The van der Waals surface area contributed by atoms with Crippen molar-refractivity contribution in [1.29, 1.82) is 0 Å². The lowest BCUT2D eigenvalue weighted by Crippen LogP contribution is -2.36. The van der Waals surface area contributed by atoms with Crippen LogP contribution in [0.1, 0.15) is 26.7 Å². The van der Waals surface area contributed by atoms with Gasteiger partial charge < -0.3 is 8.85 Å². The van der Waals surface area contributed by atoms with Gasteiger partial charge in [-0.25, -0.2) is 0 Å². The molecular formula is C8H18Cl2O2Si. The fourth-order valence-corrected chi connectivity index (χ4v) is 4.20. The van der Waals surface area contributed by atoms with E-state index in [2.05, 4.69) is 0 Å². The van der Waals surface area contributed by atoms with Gasteiger partial charge in [-0.05, 0) is 26.7 Å². The van der Waals surface area contributed by atoms with Crippen LogP contribution in [0.3, 0.4) is 0 Å². The highest BCUT2D eigenvalue weighted by molar-refractivity contribution is 7.12. The molecule has 0 N–H and O–H groups in total. The van der Waals surface area contributed by atoms with Crippen molar-refractivity contribution < 1.29 is 8.85 Å². The molecule has 0 unspecified atom stereocenters. The van der Waals surface area contributed by atoms with E-state index in [1.807, 2.05) is 13.8 Å². The molecule has 5 heteroatoms. The van der Waals surface area contributed by atoms with Crippen molar-refractivity contribution in [3.8, 4) is 0 Å². The highest BCUT2D eigenvalue weighted by Gasteiger charge is 2.34. The summed E-state index contributed by atoms with van der Waals surface area (Å²) in [5.74, 6) is 0.680. The van der Waals surface area contributed by atoms with Crippen molar-refractivity contribution in [2.24, 2.45) is 0 Å². The second kappa shape index (κ2) is 8.06. The van der Waals surface area contributed by atoms with Gasteiger partial charge in [0.05, 0.1) is 0 Å². The predicted molar refractivity (Wildman–Crippen MR) is 59.6 cm³/mol. The van der Waals surface area contributed by atoms with E-state index >= 15 is 0 Å². The minimum absolute atomic E-state index is 0.622. The summed E-state index contributed by atoms with van der Waals surface area (Å²) in [5, 5.41) is 0. The summed E-state index contributed by atoms with van der Waals surface area (Å²) in [7, 11) is -2.37. The van der Waals surface area contributed by atoms with Crippen LogP contribution in [-0.4, -0.2) is 27.0 Å². The van der Waals surface area contributed by atoms with E-state index in [0.29, 0.717) is 19.1 Å². The SMILES string of the molecule is CCO[Si](Cl)(CCCCCl)OCC. The van der Waals surface area contributed by atoms with Crippen molar-refractivity contribution in [2.45, 2.75) is 32.7 Å². The van der Waals surface area contributed by atoms with Gasteiger partial charge in [-0.1, -0.05) is 11.1 Å². The number of halogens is 2. The molecule has 0 amide bonds. The highest BCUT2D eigenvalue weighted by Crippen LogP contribution is 2.21. The zero-order valence-corrected chi connectivity index (χ0v) is 10.8. The summed E-state index contributed by atoms with van der Waals surface area (Å²) in [5.41, 5.74) is 0. The monoisotopic (exact) mass is 244 g/mol. The van der Waals surface area contributed by atoms with Gasteiger partial charge in [-0.2, -0.15) is 0 Å². The molecule has 0 aromatic carbocycles. The van der Waals surface area contributed by atoms with E-state index in [9.17, 15) is 0 Å². The van der Waals surface area contributed by atoms with Gasteiger partial charge in [0.15, 0.2) is 0 Å². The average Bonchev–Trinajstić information content (AvgIpc) is 2.05. The van der Waals surface area contributed by atoms with Crippen molar-refractivity contribution in [1.82, 2.24) is 0 Å². The molecule has 0 aliphatic heterocycles. The molecule has 0 heterocycles. The van der Waals surface area contributed by atoms with Crippen LogP contribution in [0.15, 0.2) is 0 Å². The lowest BCUT2D eigenvalue weighted by molar-refractivity contribution is 0.202. The van der Waals surface area contributed by atoms with E-state index in [1.54, 1.807) is 0 Å². The van der Waals surface area contributed by atoms with Crippen LogP contribution in [0.5, 0.6) is 0 Å². The maximum atomic E-state index is 6.23. The Balaban J connectivity index is 3.76. The van der Waals surface area contributed by atoms with Gasteiger partial charge in [-0.3, -0.25) is 0 Å². The van der Waals surface area contributed by atoms with Gasteiger partial charge >= 0.3 is 7.87 Å². The minimum Gasteiger partial charge on any atom is -0.383 e. The third-order valence-corrected chi connectivity index (χ3v) is 5.46. The highest BCUT2D eigenvalue weighted by atomic mass is 35.6. The number of hydrogen-bond donors (Lipinski definition) is 0. The Morgan fingerprint density at radius 2 is 1.62 bits per heavy atom. The van der Waals surface area contributed by atoms with E-state index < -0.39 is 7.87 Å². The molecule has 0 aliphatic rings. The third-order valence-electron chi connectivity index (χ3n) is 1.58. The number of unbranched alkanes of at least 4 members (excludes halogenated alkanes) is 1. The van der Waals surface area contributed by atoms with Crippen LogP contribution in [0.2, 0.25) is 6.04 Å². The Hall–Kier alpha value is 0.717. The summed E-state index contributed by atoms with van der Waals surface area (Å²) in [4.78, 5) is 0. The number of hydrogen-bond acceptors (Lipinski definition) is 2. The summed E-state index contributed by atoms with van der Waals surface area (Å²) >= 11 is 11.8. The van der Waals surface area contributed by atoms with Gasteiger partial charge in [0.2, 0.25) is 0 Å². The van der Waals surface area contributed by atoms with Crippen molar-refractivity contribution in [2.75, 3.05) is 19.1 Å². The maximum absolute atomic E-state index is 6.23. The Morgan fingerprint density at radius 1 is 1.08 bits per heavy atom. The topological polar surface area (TPSA) is 18.5 Å². The van der Waals surface area contributed by atoms with Gasteiger partial charge in [-0.15, -0.1) is 11.6 Å². The van der Waals surface area contributed by atoms with Crippen LogP contribution in [0, 0.1) is 0 Å². The molecule has 0 saturated heterocycles. The quantitative estimate of drug-likeness (QED) is 0.283. The van der Waals surface area contributed by atoms with Crippen molar-refractivity contribution in [3.05, 3.63) is 0 Å². The van der Waals surface area contributed by atoms with Crippen molar-refractivity contribution >= 4 is 30.6 Å². The molecule has 0 aromatic rings. The average molecular weight is 245 g/mol. The largest absolute Gasteiger partial charge is 0.443 e. The van der Waals surface area contributed by atoms with Crippen LogP contribution in [-0.2, 0) is 8.85 Å². The first kappa shape index (κ1) is 13.7. The first-order valence-corrected chi connectivity index (χ1v) is 8.28.